The van der Waals surface area contributed by atoms with Crippen molar-refractivity contribution in [2.45, 2.75) is 51.2 Å². The number of alkyl halides is 3. The zero-order valence-electron chi connectivity index (χ0n) is 11.4. The molecule has 0 heterocycles. The van der Waals surface area contributed by atoms with Gasteiger partial charge in [-0.25, -0.2) is 4.39 Å². The van der Waals surface area contributed by atoms with Crippen LogP contribution in [0.15, 0.2) is 18.2 Å². The molecule has 0 saturated heterocycles. The van der Waals surface area contributed by atoms with E-state index < -0.39 is 17.6 Å². The van der Waals surface area contributed by atoms with Crippen molar-refractivity contribution in [3.8, 4) is 0 Å². The van der Waals surface area contributed by atoms with Crippen LogP contribution in [0.25, 0.3) is 0 Å². The minimum Gasteiger partial charge on any atom is -0.380 e. The van der Waals surface area contributed by atoms with Gasteiger partial charge < -0.3 is 5.32 Å². The molecule has 0 aromatic heterocycles. The van der Waals surface area contributed by atoms with Crippen molar-refractivity contribution >= 4 is 5.69 Å². The minimum atomic E-state index is -4.50. The summed E-state index contributed by atoms with van der Waals surface area (Å²) in [4.78, 5) is 0. The lowest BCUT2D eigenvalue weighted by atomic mass is 9.84. The van der Waals surface area contributed by atoms with Crippen LogP contribution in [0.4, 0.5) is 23.2 Å². The average molecular weight is 289 g/mol. The van der Waals surface area contributed by atoms with E-state index in [0.717, 1.165) is 31.7 Å². The SMILES string of the molecule is CCC1CCCC(Nc2ccc(C(F)(F)F)cc2F)C1. The normalized spacial score (nSPS) is 23.6. The summed E-state index contributed by atoms with van der Waals surface area (Å²) in [5, 5.41) is 3.05. The number of anilines is 1. The van der Waals surface area contributed by atoms with Crippen molar-refractivity contribution in [2.75, 3.05) is 5.32 Å². The standard InChI is InChI=1S/C15H19F4N/c1-2-10-4-3-5-12(8-10)20-14-7-6-11(9-13(14)16)15(17,18)19/h6-7,9-10,12,20H,2-5,8H2,1H3. The van der Waals surface area contributed by atoms with Gasteiger partial charge in [0.1, 0.15) is 5.82 Å². The van der Waals surface area contributed by atoms with E-state index in [1.165, 1.54) is 12.5 Å². The Bertz CT molecular complexity index is 456. The van der Waals surface area contributed by atoms with E-state index in [2.05, 4.69) is 12.2 Å². The van der Waals surface area contributed by atoms with E-state index in [9.17, 15) is 17.6 Å². The van der Waals surface area contributed by atoms with Gasteiger partial charge in [0.05, 0.1) is 11.3 Å². The van der Waals surface area contributed by atoms with E-state index in [0.29, 0.717) is 12.0 Å². The summed E-state index contributed by atoms with van der Waals surface area (Å²) in [6.45, 7) is 2.13. The van der Waals surface area contributed by atoms with Gasteiger partial charge in [0.25, 0.3) is 0 Å². The Balaban J connectivity index is 2.06. The molecule has 112 valence electrons. The number of hydrogen-bond donors (Lipinski definition) is 1. The molecule has 0 radical (unpaired) electrons. The molecule has 5 heteroatoms. The van der Waals surface area contributed by atoms with Gasteiger partial charge >= 0.3 is 6.18 Å². The molecule has 1 aromatic carbocycles. The number of rotatable bonds is 3. The first kappa shape index (κ1) is 15.1. The summed E-state index contributed by atoms with van der Waals surface area (Å²) >= 11 is 0. The highest BCUT2D eigenvalue weighted by molar-refractivity contribution is 5.47. The predicted molar refractivity (Wildman–Crippen MR) is 71.1 cm³/mol. The lowest BCUT2D eigenvalue weighted by Crippen LogP contribution is -2.27. The van der Waals surface area contributed by atoms with Crippen molar-refractivity contribution in [3.63, 3.8) is 0 Å². The lowest BCUT2D eigenvalue weighted by Gasteiger charge is -2.30. The maximum atomic E-state index is 13.8. The average Bonchev–Trinajstić information content (AvgIpc) is 2.40. The number of benzene rings is 1. The maximum absolute atomic E-state index is 13.8. The monoisotopic (exact) mass is 289 g/mol. The topological polar surface area (TPSA) is 12.0 Å². The van der Waals surface area contributed by atoms with Crippen LogP contribution in [-0.2, 0) is 6.18 Å². The fourth-order valence-corrected chi connectivity index (χ4v) is 2.82. The molecule has 20 heavy (non-hydrogen) atoms. The molecular formula is C15H19F4N. The summed E-state index contributed by atoms with van der Waals surface area (Å²) in [6, 6.07) is 2.82. The molecule has 1 aliphatic rings. The zero-order chi connectivity index (χ0) is 14.8. The molecule has 0 spiro atoms. The van der Waals surface area contributed by atoms with Crippen LogP contribution in [0, 0.1) is 11.7 Å². The van der Waals surface area contributed by atoms with Crippen LogP contribution in [0.1, 0.15) is 44.6 Å². The highest BCUT2D eigenvalue weighted by atomic mass is 19.4. The van der Waals surface area contributed by atoms with Crippen LogP contribution in [0.5, 0.6) is 0 Å². The van der Waals surface area contributed by atoms with Crippen molar-refractivity contribution < 1.29 is 17.6 Å². The summed E-state index contributed by atoms with van der Waals surface area (Å²) < 4.78 is 51.2. The molecule has 1 fully saturated rings. The molecule has 0 bridgehead atoms. The Morgan fingerprint density at radius 2 is 2.00 bits per heavy atom. The van der Waals surface area contributed by atoms with Gasteiger partial charge in [-0.15, -0.1) is 0 Å². The highest BCUT2D eigenvalue weighted by Gasteiger charge is 2.31. The third-order valence-electron chi connectivity index (χ3n) is 4.02. The Kier molecular flexibility index (Phi) is 4.55. The minimum absolute atomic E-state index is 0.153. The molecule has 2 unspecified atom stereocenters. The highest BCUT2D eigenvalue weighted by Crippen LogP contribution is 2.33. The lowest BCUT2D eigenvalue weighted by molar-refractivity contribution is -0.137. The van der Waals surface area contributed by atoms with E-state index >= 15 is 0 Å². The van der Waals surface area contributed by atoms with E-state index in [4.69, 9.17) is 0 Å². The number of nitrogens with one attached hydrogen (secondary N) is 1. The first-order valence-corrected chi connectivity index (χ1v) is 7.03. The second kappa shape index (κ2) is 6.02. The summed E-state index contributed by atoms with van der Waals surface area (Å²) in [6.07, 6.45) is 0.752. The van der Waals surface area contributed by atoms with Crippen LogP contribution in [0.3, 0.4) is 0 Å². The maximum Gasteiger partial charge on any atom is 0.416 e. The zero-order valence-corrected chi connectivity index (χ0v) is 11.4. The van der Waals surface area contributed by atoms with E-state index in [1.807, 2.05) is 0 Å². The molecule has 0 aliphatic heterocycles. The smallest absolute Gasteiger partial charge is 0.380 e. The Labute approximate surface area is 116 Å². The van der Waals surface area contributed by atoms with Gasteiger partial charge in [-0.05, 0) is 37.0 Å². The summed E-state index contributed by atoms with van der Waals surface area (Å²) in [5.74, 6) is -0.211. The van der Waals surface area contributed by atoms with Crippen LogP contribution < -0.4 is 5.32 Å². The quantitative estimate of drug-likeness (QED) is 0.752. The predicted octanol–water partition coefficient (Wildman–Crippen LogP) is 5.23. The molecule has 1 aliphatic carbocycles. The van der Waals surface area contributed by atoms with Gasteiger partial charge in [0, 0.05) is 6.04 Å². The second-order valence-corrected chi connectivity index (χ2v) is 5.47. The number of halogens is 4. The van der Waals surface area contributed by atoms with Crippen LogP contribution in [0.2, 0.25) is 0 Å². The van der Waals surface area contributed by atoms with Crippen LogP contribution >= 0.6 is 0 Å². The van der Waals surface area contributed by atoms with Gasteiger partial charge in [-0.1, -0.05) is 26.2 Å². The summed E-state index contributed by atoms with van der Waals surface area (Å²) in [7, 11) is 0. The van der Waals surface area contributed by atoms with Crippen molar-refractivity contribution in [1.82, 2.24) is 0 Å². The van der Waals surface area contributed by atoms with Gasteiger partial charge in [0.2, 0.25) is 0 Å². The van der Waals surface area contributed by atoms with Crippen LogP contribution in [-0.4, -0.2) is 6.04 Å². The molecule has 1 N–H and O–H groups in total. The first-order chi connectivity index (χ1) is 9.40. The molecule has 2 atom stereocenters. The van der Waals surface area contributed by atoms with Crippen molar-refractivity contribution in [2.24, 2.45) is 5.92 Å². The number of hydrogen-bond acceptors (Lipinski definition) is 1. The van der Waals surface area contributed by atoms with Crippen molar-refractivity contribution in [1.29, 1.82) is 0 Å². The molecule has 0 amide bonds. The molecule has 1 nitrogen and oxygen atoms in total. The third kappa shape index (κ3) is 3.64. The Hall–Kier alpha value is -1.26. The molecule has 2 rings (SSSR count). The van der Waals surface area contributed by atoms with E-state index in [-0.39, 0.29) is 11.7 Å². The van der Waals surface area contributed by atoms with E-state index in [1.54, 1.807) is 0 Å². The Morgan fingerprint density at radius 1 is 1.25 bits per heavy atom. The molecule has 1 aromatic rings. The largest absolute Gasteiger partial charge is 0.416 e. The van der Waals surface area contributed by atoms with Crippen molar-refractivity contribution in [3.05, 3.63) is 29.6 Å². The summed E-state index contributed by atoms with van der Waals surface area (Å²) in [5.41, 5.74) is -0.782. The third-order valence-corrected chi connectivity index (χ3v) is 4.02. The van der Waals surface area contributed by atoms with Gasteiger partial charge in [0.15, 0.2) is 0 Å². The van der Waals surface area contributed by atoms with Gasteiger partial charge in [-0.2, -0.15) is 13.2 Å². The second-order valence-electron chi connectivity index (χ2n) is 5.47. The molecular weight excluding hydrogens is 270 g/mol. The molecule has 1 saturated carbocycles. The van der Waals surface area contributed by atoms with Gasteiger partial charge in [-0.3, -0.25) is 0 Å². The fourth-order valence-electron chi connectivity index (χ4n) is 2.82. The first-order valence-electron chi connectivity index (χ1n) is 7.03. The fraction of sp³-hybridized carbons (Fsp3) is 0.600. The Morgan fingerprint density at radius 3 is 2.60 bits per heavy atom.